The quantitative estimate of drug-likeness (QED) is 0.182. The second-order valence-corrected chi connectivity index (χ2v) is 9.47. The summed E-state index contributed by atoms with van der Waals surface area (Å²) in [6, 6.07) is 41.4. The summed E-state index contributed by atoms with van der Waals surface area (Å²) in [6.07, 6.45) is 0. The fourth-order valence-corrected chi connectivity index (χ4v) is 4.96. The lowest BCUT2D eigenvalue weighted by atomic mass is 10.0. The maximum atomic E-state index is 6.10. The molecule has 0 spiro atoms. The van der Waals surface area contributed by atoms with Gasteiger partial charge in [-0.1, -0.05) is 103 Å². The average molecular weight is 494 g/mol. The summed E-state index contributed by atoms with van der Waals surface area (Å²) in [7, 11) is 0. The lowest BCUT2D eigenvalue weighted by molar-refractivity contribution is 1.36. The summed E-state index contributed by atoms with van der Waals surface area (Å²) in [4.78, 5) is 14.5. The Morgan fingerprint density at radius 2 is 0.919 bits per heavy atom. The second-order valence-electron chi connectivity index (χ2n) is 9.09. The lowest BCUT2D eigenvalue weighted by Crippen LogP contribution is -1.91. The molecule has 0 radical (unpaired) electrons. The third-order valence-corrected chi connectivity index (χ3v) is 6.97. The number of fused-ring (bicyclic) bond motifs is 4. The first-order valence-corrected chi connectivity index (χ1v) is 12.5. The molecule has 0 aliphatic rings. The summed E-state index contributed by atoms with van der Waals surface area (Å²) < 4.78 is 0. The standard InChI is InChI=1S/C33H20ClN3/c34-31-19-16-24-10-13-27(20-30(24)35-31)21-6-8-23(9-7-21)29-18-15-26-12-11-25-14-17-28(22-4-2-1-3-5-22)36-32(25)33(26)37-29/h1-20H. The van der Waals surface area contributed by atoms with E-state index in [2.05, 4.69) is 96.0 Å². The van der Waals surface area contributed by atoms with Crippen molar-refractivity contribution in [2.45, 2.75) is 0 Å². The molecule has 0 atom stereocenters. The van der Waals surface area contributed by atoms with Gasteiger partial charge in [0.05, 0.1) is 27.9 Å². The van der Waals surface area contributed by atoms with E-state index in [0.717, 1.165) is 66.4 Å². The predicted molar refractivity (Wildman–Crippen MR) is 154 cm³/mol. The van der Waals surface area contributed by atoms with E-state index < -0.39 is 0 Å². The van der Waals surface area contributed by atoms with Crippen molar-refractivity contribution >= 4 is 44.3 Å². The minimum absolute atomic E-state index is 0.500. The number of hydrogen-bond acceptors (Lipinski definition) is 3. The van der Waals surface area contributed by atoms with Crippen molar-refractivity contribution in [2.24, 2.45) is 0 Å². The molecule has 0 aliphatic carbocycles. The molecular weight excluding hydrogens is 474 g/mol. The number of aromatic nitrogens is 3. The van der Waals surface area contributed by atoms with E-state index >= 15 is 0 Å². The highest BCUT2D eigenvalue weighted by Gasteiger charge is 2.09. The van der Waals surface area contributed by atoms with Gasteiger partial charge in [-0.3, -0.25) is 0 Å². The zero-order valence-electron chi connectivity index (χ0n) is 19.8. The van der Waals surface area contributed by atoms with Gasteiger partial charge < -0.3 is 0 Å². The van der Waals surface area contributed by atoms with E-state index in [1.54, 1.807) is 0 Å². The minimum atomic E-state index is 0.500. The van der Waals surface area contributed by atoms with Crippen LogP contribution in [-0.2, 0) is 0 Å². The summed E-state index contributed by atoms with van der Waals surface area (Å²) in [5.41, 5.74) is 8.96. The van der Waals surface area contributed by atoms with E-state index in [9.17, 15) is 0 Å². The maximum Gasteiger partial charge on any atom is 0.129 e. The van der Waals surface area contributed by atoms with Gasteiger partial charge in [0.1, 0.15) is 5.15 Å². The smallest absolute Gasteiger partial charge is 0.129 e. The molecule has 3 nitrogen and oxygen atoms in total. The van der Waals surface area contributed by atoms with Crippen LogP contribution in [-0.4, -0.2) is 15.0 Å². The van der Waals surface area contributed by atoms with Gasteiger partial charge in [-0.15, -0.1) is 0 Å². The highest BCUT2D eigenvalue weighted by Crippen LogP contribution is 2.30. The van der Waals surface area contributed by atoms with Gasteiger partial charge in [-0.05, 0) is 41.5 Å². The average Bonchev–Trinajstić information content (AvgIpc) is 2.96. The molecule has 37 heavy (non-hydrogen) atoms. The highest BCUT2D eigenvalue weighted by molar-refractivity contribution is 6.29. The van der Waals surface area contributed by atoms with Crippen molar-refractivity contribution in [1.29, 1.82) is 0 Å². The zero-order chi connectivity index (χ0) is 24.8. The topological polar surface area (TPSA) is 38.7 Å². The normalized spacial score (nSPS) is 11.4. The molecule has 7 rings (SSSR count). The molecular formula is C33H20ClN3. The molecule has 3 aromatic heterocycles. The molecule has 3 heterocycles. The molecule has 0 amide bonds. The Bertz CT molecular complexity index is 1930. The fraction of sp³-hybridized carbons (Fsp3) is 0. The van der Waals surface area contributed by atoms with Crippen molar-refractivity contribution in [3.05, 3.63) is 126 Å². The molecule has 0 saturated heterocycles. The maximum absolute atomic E-state index is 6.10. The van der Waals surface area contributed by atoms with Crippen molar-refractivity contribution in [1.82, 2.24) is 15.0 Å². The number of hydrogen-bond donors (Lipinski definition) is 0. The first-order valence-electron chi connectivity index (χ1n) is 12.1. The Morgan fingerprint density at radius 3 is 1.59 bits per heavy atom. The van der Waals surface area contributed by atoms with Crippen molar-refractivity contribution in [2.75, 3.05) is 0 Å². The van der Waals surface area contributed by atoms with Crippen LogP contribution in [0, 0.1) is 0 Å². The monoisotopic (exact) mass is 493 g/mol. The summed E-state index contributed by atoms with van der Waals surface area (Å²) in [6.45, 7) is 0. The second kappa shape index (κ2) is 8.81. The van der Waals surface area contributed by atoms with Crippen molar-refractivity contribution < 1.29 is 0 Å². The van der Waals surface area contributed by atoms with Crippen LogP contribution in [0.5, 0.6) is 0 Å². The SMILES string of the molecule is Clc1ccc2ccc(-c3ccc(-c4ccc5ccc6ccc(-c7ccccc7)nc6c5n4)cc3)cc2n1. The summed E-state index contributed by atoms with van der Waals surface area (Å²) >= 11 is 6.10. The highest BCUT2D eigenvalue weighted by atomic mass is 35.5. The molecule has 7 aromatic rings. The van der Waals surface area contributed by atoms with Gasteiger partial charge in [0.15, 0.2) is 0 Å². The molecule has 0 fully saturated rings. The van der Waals surface area contributed by atoms with Gasteiger partial charge in [-0.25, -0.2) is 15.0 Å². The molecule has 0 saturated carbocycles. The molecule has 0 aliphatic heterocycles. The molecule has 0 N–H and O–H groups in total. The molecule has 0 bridgehead atoms. The van der Waals surface area contributed by atoms with Crippen molar-refractivity contribution in [3.63, 3.8) is 0 Å². The number of benzene rings is 4. The van der Waals surface area contributed by atoms with Gasteiger partial charge in [0.2, 0.25) is 0 Å². The van der Waals surface area contributed by atoms with Gasteiger partial charge in [0, 0.05) is 27.3 Å². The van der Waals surface area contributed by atoms with E-state index in [-0.39, 0.29) is 0 Å². The largest absolute Gasteiger partial charge is 0.245 e. The van der Waals surface area contributed by atoms with Crippen LogP contribution in [0.25, 0.3) is 66.4 Å². The summed E-state index contributed by atoms with van der Waals surface area (Å²) in [5.74, 6) is 0. The Labute approximate surface area is 219 Å². The molecule has 174 valence electrons. The van der Waals surface area contributed by atoms with Crippen LogP contribution in [0.15, 0.2) is 121 Å². The Hall–Kier alpha value is -4.60. The molecule has 4 aromatic carbocycles. The van der Waals surface area contributed by atoms with E-state index in [4.69, 9.17) is 21.6 Å². The predicted octanol–water partition coefficient (Wildman–Crippen LogP) is 8.99. The first-order chi connectivity index (χ1) is 18.2. The molecule has 4 heteroatoms. The fourth-order valence-electron chi connectivity index (χ4n) is 4.80. The van der Waals surface area contributed by atoms with Crippen LogP contribution in [0.1, 0.15) is 0 Å². The Morgan fingerprint density at radius 1 is 0.405 bits per heavy atom. The van der Waals surface area contributed by atoms with Gasteiger partial charge >= 0.3 is 0 Å². The van der Waals surface area contributed by atoms with Crippen molar-refractivity contribution in [3.8, 4) is 33.6 Å². The third kappa shape index (κ3) is 4.00. The van der Waals surface area contributed by atoms with E-state index in [0.29, 0.717) is 5.15 Å². The third-order valence-electron chi connectivity index (χ3n) is 6.76. The Balaban J connectivity index is 1.29. The van der Waals surface area contributed by atoms with E-state index in [1.807, 2.05) is 30.3 Å². The minimum Gasteiger partial charge on any atom is -0.245 e. The van der Waals surface area contributed by atoms with Gasteiger partial charge in [0.25, 0.3) is 0 Å². The summed E-state index contributed by atoms with van der Waals surface area (Å²) in [5, 5.41) is 3.73. The first kappa shape index (κ1) is 21.7. The van der Waals surface area contributed by atoms with Crippen LogP contribution in [0.2, 0.25) is 5.15 Å². The lowest BCUT2D eigenvalue weighted by Gasteiger charge is -2.09. The van der Waals surface area contributed by atoms with Crippen LogP contribution >= 0.6 is 11.6 Å². The number of halogens is 1. The Kier molecular flexibility index (Phi) is 5.16. The van der Waals surface area contributed by atoms with Crippen LogP contribution in [0.3, 0.4) is 0 Å². The number of pyridine rings is 3. The van der Waals surface area contributed by atoms with E-state index in [1.165, 1.54) is 0 Å². The van der Waals surface area contributed by atoms with Gasteiger partial charge in [-0.2, -0.15) is 0 Å². The number of nitrogens with zero attached hydrogens (tertiary/aromatic N) is 3. The number of rotatable bonds is 3. The van der Waals surface area contributed by atoms with Crippen LogP contribution in [0.4, 0.5) is 0 Å². The zero-order valence-corrected chi connectivity index (χ0v) is 20.5. The molecule has 0 unspecified atom stereocenters. The van der Waals surface area contributed by atoms with Crippen LogP contribution < -0.4 is 0 Å².